The number of hydrogen-bond acceptors (Lipinski definition) is 5. The van der Waals surface area contributed by atoms with Crippen LogP contribution in [0.4, 0.5) is 13.2 Å². The number of benzene rings is 1. The minimum atomic E-state index is -4.67. The number of carbonyl (C=O) groups excluding carboxylic acids is 1. The van der Waals surface area contributed by atoms with Gasteiger partial charge in [-0.25, -0.2) is 9.50 Å². The molecule has 0 aliphatic carbocycles. The number of carbonyl (C=O) groups is 1. The molecule has 0 radical (unpaired) electrons. The van der Waals surface area contributed by atoms with E-state index in [1.807, 2.05) is 7.05 Å². The Morgan fingerprint density at radius 3 is 2.53 bits per heavy atom. The monoisotopic (exact) mass is 419 g/mol. The molecule has 0 saturated carbocycles. The zero-order valence-corrected chi connectivity index (χ0v) is 16.5. The zero-order chi connectivity index (χ0) is 21.5. The van der Waals surface area contributed by atoms with E-state index in [2.05, 4.69) is 15.0 Å². The molecular weight excluding hydrogens is 399 g/mol. The molecule has 158 valence electrons. The fourth-order valence-corrected chi connectivity index (χ4v) is 3.43. The summed E-state index contributed by atoms with van der Waals surface area (Å²) in [6, 6.07) is 7.52. The highest BCUT2D eigenvalue weighted by Crippen LogP contribution is 2.33. The SMILES string of the molecule is COc1cccc(-c2cc(C(F)(F)F)n3ncc(C(=O)N4CCN(C)CC4)c3n2)c1. The number of hydrogen-bond donors (Lipinski definition) is 0. The lowest BCUT2D eigenvalue weighted by Crippen LogP contribution is -2.47. The molecule has 3 aromatic rings. The standard InChI is InChI=1S/C20H20F3N5O2/c1-26-6-8-27(9-7-26)19(29)15-12-24-28-17(20(21,22)23)11-16(25-18(15)28)13-4-3-5-14(10-13)30-2/h3-5,10-12H,6-9H2,1-2H3. The summed E-state index contributed by atoms with van der Waals surface area (Å²) in [6.07, 6.45) is -3.51. The van der Waals surface area contributed by atoms with Crippen molar-refractivity contribution in [1.29, 1.82) is 0 Å². The molecule has 0 spiro atoms. The van der Waals surface area contributed by atoms with Crippen LogP contribution in [-0.2, 0) is 6.18 Å². The predicted molar refractivity (Wildman–Crippen MR) is 103 cm³/mol. The Bertz CT molecular complexity index is 1090. The van der Waals surface area contributed by atoms with Gasteiger partial charge in [-0.1, -0.05) is 12.1 Å². The third kappa shape index (κ3) is 3.70. The van der Waals surface area contributed by atoms with Gasteiger partial charge in [0.05, 0.1) is 19.0 Å². The number of fused-ring (bicyclic) bond motifs is 1. The smallest absolute Gasteiger partial charge is 0.433 e. The number of methoxy groups -OCH3 is 1. The molecule has 1 aromatic carbocycles. The Morgan fingerprint density at radius 1 is 1.13 bits per heavy atom. The summed E-state index contributed by atoms with van der Waals surface area (Å²) in [6.45, 7) is 2.38. The first-order chi connectivity index (χ1) is 14.3. The lowest BCUT2D eigenvalue weighted by molar-refractivity contribution is -0.142. The Kier molecular flexibility index (Phi) is 5.10. The van der Waals surface area contributed by atoms with Gasteiger partial charge in [-0.2, -0.15) is 18.3 Å². The van der Waals surface area contributed by atoms with E-state index in [1.54, 1.807) is 29.2 Å². The average molecular weight is 419 g/mol. The van der Waals surface area contributed by atoms with Gasteiger partial charge in [0, 0.05) is 31.7 Å². The summed E-state index contributed by atoms with van der Waals surface area (Å²) in [7, 11) is 3.43. The molecule has 0 unspecified atom stereocenters. The van der Waals surface area contributed by atoms with Crippen LogP contribution >= 0.6 is 0 Å². The average Bonchev–Trinajstić information content (AvgIpc) is 3.16. The molecule has 1 aliphatic heterocycles. The molecule has 4 rings (SSSR count). The fraction of sp³-hybridized carbons (Fsp3) is 0.350. The molecule has 0 N–H and O–H groups in total. The largest absolute Gasteiger partial charge is 0.497 e. The van der Waals surface area contributed by atoms with Crippen molar-refractivity contribution >= 4 is 11.6 Å². The third-order valence-corrected chi connectivity index (χ3v) is 5.15. The van der Waals surface area contributed by atoms with Crippen molar-refractivity contribution in [2.75, 3.05) is 40.3 Å². The lowest BCUT2D eigenvalue weighted by Gasteiger charge is -2.32. The van der Waals surface area contributed by atoms with Crippen molar-refractivity contribution in [3.05, 3.63) is 47.8 Å². The van der Waals surface area contributed by atoms with E-state index in [0.29, 0.717) is 42.0 Å². The van der Waals surface area contributed by atoms with Crippen LogP contribution in [0.15, 0.2) is 36.5 Å². The number of halogens is 3. The van der Waals surface area contributed by atoms with Crippen molar-refractivity contribution in [2.24, 2.45) is 0 Å². The maximum Gasteiger partial charge on any atom is 0.433 e. The number of nitrogens with zero attached hydrogens (tertiary/aromatic N) is 5. The van der Waals surface area contributed by atoms with Crippen LogP contribution in [0.1, 0.15) is 16.1 Å². The molecule has 1 aliphatic rings. The topological polar surface area (TPSA) is 63.0 Å². The summed E-state index contributed by atoms with van der Waals surface area (Å²) < 4.78 is 47.1. The van der Waals surface area contributed by atoms with Gasteiger partial charge < -0.3 is 14.5 Å². The molecule has 1 saturated heterocycles. The summed E-state index contributed by atoms with van der Waals surface area (Å²) in [5, 5.41) is 3.84. The highest BCUT2D eigenvalue weighted by atomic mass is 19.4. The van der Waals surface area contributed by atoms with E-state index in [9.17, 15) is 18.0 Å². The quantitative estimate of drug-likeness (QED) is 0.653. The van der Waals surface area contributed by atoms with Crippen LogP contribution in [-0.4, -0.2) is 70.6 Å². The number of ether oxygens (including phenoxy) is 1. The van der Waals surface area contributed by atoms with Gasteiger partial charge in [0.15, 0.2) is 11.3 Å². The number of piperazine rings is 1. The number of amides is 1. The summed E-state index contributed by atoms with van der Waals surface area (Å²) >= 11 is 0. The molecule has 0 bridgehead atoms. The number of alkyl halides is 3. The molecule has 1 fully saturated rings. The van der Waals surface area contributed by atoms with Gasteiger partial charge in [0.2, 0.25) is 0 Å². The highest BCUT2D eigenvalue weighted by molar-refractivity contribution is 6.00. The molecular formula is C20H20F3N5O2. The minimum absolute atomic E-state index is 0.0507. The minimum Gasteiger partial charge on any atom is -0.497 e. The van der Waals surface area contributed by atoms with Crippen LogP contribution in [0.3, 0.4) is 0 Å². The van der Waals surface area contributed by atoms with Gasteiger partial charge in [-0.15, -0.1) is 0 Å². The highest BCUT2D eigenvalue weighted by Gasteiger charge is 2.36. The van der Waals surface area contributed by atoms with Gasteiger partial charge in [-0.05, 0) is 25.2 Å². The molecule has 0 atom stereocenters. The van der Waals surface area contributed by atoms with Gasteiger partial charge >= 0.3 is 6.18 Å². The van der Waals surface area contributed by atoms with E-state index >= 15 is 0 Å². The third-order valence-electron chi connectivity index (χ3n) is 5.15. The van der Waals surface area contributed by atoms with Crippen LogP contribution < -0.4 is 4.74 Å². The van der Waals surface area contributed by atoms with Gasteiger partial charge in [0.25, 0.3) is 5.91 Å². The van der Waals surface area contributed by atoms with E-state index in [1.165, 1.54) is 7.11 Å². The molecule has 1 amide bonds. The number of likely N-dealkylation sites (N-methyl/N-ethyl adjacent to an activating group) is 1. The van der Waals surface area contributed by atoms with Crippen LogP contribution in [0.2, 0.25) is 0 Å². The molecule has 30 heavy (non-hydrogen) atoms. The number of aromatic nitrogens is 3. The fourth-order valence-electron chi connectivity index (χ4n) is 3.43. The van der Waals surface area contributed by atoms with E-state index in [-0.39, 0.29) is 22.8 Å². The second-order valence-electron chi connectivity index (χ2n) is 7.15. The molecule has 2 aromatic heterocycles. The van der Waals surface area contributed by atoms with Crippen molar-refractivity contribution in [1.82, 2.24) is 24.4 Å². The Labute approximate surface area is 170 Å². The maximum absolute atomic E-state index is 13.8. The molecule has 10 heteroatoms. The Balaban J connectivity index is 1.84. The van der Waals surface area contributed by atoms with Crippen molar-refractivity contribution < 1.29 is 22.7 Å². The molecule has 3 heterocycles. The summed E-state index contributed by atoms with van der Waals surface area (Å²) in [4.78, 5) is 21.1. The predicted octanol–water partition coefficient (Wildman–Crippen LogP) is 2.81. The van der Waals surface area contributed by atoms with Crippen LogP contribution in [0, 0.1) is 0 Å². The summed E-state index contributed by atoms with van der Waals surface area (Å²) in [5.74, 6) is 0.117. The van der Waals surface area contributed by atoms with E-state index in [0.717, 1.165) is 12.3 Å². The van der Waals surface area contributed by atoms with Gasteiger partial charge in [0.1, 0.15) is 11.3 Å². The Hall–Kier alpha value is -3.14. The van der Waals surface area contributed by atoms with Crippen LogP contribution in [0.5, 0.6) is 5.75 Å². The van der Waals surface area contributed by atoms with Crippen molar-refractivity contribution in [3.8, 4) is 17.0 Å². The Morgan fingerprint density at radius 2 is 1.87 bits per heavy atom. The van der Waals surface area contributed by atoms with E-state index < -0.39 is 11.9 Å². The first kappa shape index (κ1) is 20.1. The second-order valence-corrected chi connectivity index (χ2v) is 7.15. The van der Waals surface area contributed by atoms with Crippen molar-refractivity contribution in [3.63, 3.8) is 0 Å². The van der Waals surface area contributed by atoms with E-state index in [4.69, 9.17) is 4.74 Å². The first-order valence-electron chi connectivity index (χ1n) is 9.36. The first-order valence-corrected chi connectivity index (χ1v) is 9.36. The van der Waals surface area contributed by atoms with Crippen LogP contribution in [0.25, 0.3) is 16.9 Å². The molecule has 7 nitrogen and oxygen atoms in total. The summed E-state index contributed by atoms with van der Waals surface area (Å²) in [5.41, 5.74) is -0.535. The lowest BCUT2D eigenvalue weighted by atomic mass is 10.1. The van der Waals surface area contributed by atoms with Gasteiger partial charge in [-0.3, -0.25) is 4.79 Å². The van der Waals surface area contributed by atoms with Crippen molar-refractivity contribution in [2.45, 2.75) is 6.18 Å². The maximum atomic E-state index is 13.8. The zero-order valence-electron chi connectivity index (χ0n) is 16.5. The number of rotatable bonds is 3. The normalized spacial score (nSPS) is 15.6. The second kappa shape index (κ2) is 7.60.